The van der Waals surface area contributed by atoms with Crippen molar-refractivity contribution in [2.75, 3.05) is 11.5 Å². The summed E-state index contributed by atoms with van der Waals surface area (Å²) in [6.07, 6.45) is 10.1. The van der Waals surface area contributed by atoms with Crippen LogP contribution in [0, 0.1) is 6.92 Å². The SMILES string of the molecule is CCCCS(=O)CCCCn1c(CCC)nc2cncc(C)c21. The number of nitrogens with zero attached hydrogens (tertiary/aromatic N) is 3. The fourth-order valence-corrected chi connectivity index (χ4v) is 4.24. The molecule has 0 saturated heterocycles. The Bertz CT molecular complexity index is 651. The Morgan fingerprint density at radius 3 is 2.61 bits per heavy atom. The zero-order valence-corrected chi connectivity index (χ0v) is 15.5. The van der Waals surface area contributed by atoms with Crippen molar-refractivity contribution in [2.24, 2.45) is 0 Å². The van der Waals surface area contributed by atoms with Gasteiger partial charge in [-0.05, 0) is 38.2 Å². The fraction of sp³-hybridized carbons (Fsp3) is 0.667. The van der Waals surface area contributed by atoms with Gasteiger partial charge in [0.1, 0.15) is 11.3 Å². The molecule has 0 radical (unpaired) electrons. The van der Waals surface area contributed by atoms with Crippen LogP contribution in [0.25, 0.3) is 11.0 Å². The molecule has 1 atom stereocenters. The van der Waals surface area contributed by atoms with E-state index in [0.717, 1.165) is 67.9 Å². The van der Waals surface area contributed by atoms with Gasteiger partial charge in [-0.2, -0.15) is 0 Å². The Balaban J connectivity index is 2.01. The van der Waals surface area contributed by atoms with E-state index in [9.17, 15) is 4.21 Å². The molecule has 0 amide bonds. The molecule has 2 heterocycles. The molecule has 0 bridgehead atoms. The first-order chi connectivity index (χ1) is 11.2. The van der Waals surface area contributed by atoms with E-state index in [1.165, 1.54) is 11.1 Å². The Morgan fingerprint density at radius 2 is 1.87 bits per heavy atom. The summed E-state index contributed by atoms with van der Waals surface area (Å²) in [4.78, 5) is 9.02. The second-order valence-electron chi connectivity index (χ2n) is 6.16. The smallest absolute Gasteiger partial charge is 0.109 e. The average Bonchev–Trinajstić information content (AvgIpc) is 2.89. The van der Waals surface area contributed by atoms with Gasteiger partial charge in [0.15, 0.2) is 0 Å². The van der Waals surface area contributed by atoms with E-state index < -0.39 is 10.8 Å². The summed E-state index contributed by atoms with van der Waals surface area (Å²) in [5.74, 6) is 2.85. The molecule has 0 spiro atoms. The predicted octanol–water partition coefficient (Wildman–Crippen LogP) is 4.02. The van der Waals surface area contributed by atoms with Gasteiger partial charge in [0.05, 0.1) is 11.7 Å². The molecule has 23 heavy (non-hydrogen) atoms. The van der Waals surface area contributed by atoms with E-state index in [-0.39, 0.29) is 0 Å². The number of aryl methyl sites for hydroxylation is 3. The van der Waals surface area contributed by atoms with Gasteiger partial charge >= 0.3 is 0 Å². The molecule has 1 unspecified atom stereocenters. The molecule has 0 aliphatic carbocycles. The quantitative estimate of drug-likeness (QED) is 0.616. The third-order valence-electron chi connectivity index (χ3n) is 4.12. The monoisotopic (exact) mass is 335 g/mol. The second-order valence-corrected chi connectivity index (χ2v) is 7.86. The summed E-state index contributed by atoms with van der Waals surface area (Å²) >= 11 is 0. The molecular weight excluding hydrogens is 306 g/mol. The lowest BCUT2D eigenvalue weighted by atomic mass is 10.2. The van der Waals surface area contributed by atoms with Crippen molar-refractivity contribution in [3.8, 4) is 0 Å². The number of hydrogen-bond donors (Lipinski definition) is 0. The van der Waals surface area contributed by atoms with Crippen LogP contribution < -0.4 is 0 Å². The van der Waals surface area contributed by atoms with E-state index in [4.69, 9.17) is 4.98 Å². The Labute approximate surface area is 142 Å². The highest BCUT2D eigenvalue weighted by molar-refractivity contribution is 7.84. The van der Waals surface area contributed by atoms with Gasteiger partial charge in [-0.25, -0.2) is 4.98 Å². The maximum atomic E-state index is 11.9. The van der Waals surface area contributed by atoms with Gasteiger partial charge in [0.2, 0.25) is 0 Å². The van der Waals surface area contributed by atoms with Crippen LogP contribution in [0.4, 0.5) is 0 Å². The number of aromatic nitrogens is 3. The van der Waals surface area contributed by atoms with Crippen molar-refractivity contribution >= 4 is 21.8 Å². The van der Waals surface area contributed by atoms with Gasteiger partial charge in [-0.1, -0.05) is 20.3 Å². The first-order valence-electron chi connectivity index (χ1n) is 8.82. The minimum absolute atomic E-state index is 0.643. The highest BCUT2D eigenvalue weighted by atomic mass is 32.2. The first-order valence-corrected chi connectivity index (χ1v) is 10.3. The van der Waals surface area contributed by atoms with Crippen molar-refractivity contribution in [3.63, 3.8) is 0 Å². The fourth-order valence-electron chi connectivity index (χ4n) is 2.90. The van der Waals surface area contributed by atoms with Gasteiger partial charge in [0.25, 0.3) is 0 Å². The molecule has 0 saturated carbocycles. The normalized spacial score (nSPS) is 12.8. The maximum absolute atomic E-state index is 11.9. The molecule has 2 aromatic heterocycles. The zero-order valence-electron chi connectivity index (χ0n) is 14.7. The van der Waals surface area contributed by atoms with Crippen molar-refractivity contribution in [3.05, 3.63) is 23.8 Å². The van der Waals surface area contributed by atoms with Crippen LogP contribution in [0.2, 0.25) is 0 Å². The number of fused-ring (bicyclic) bond motifs is 1. The minimum atomic E-state index is -0.643. The standard InChI is InChI=1S/C18H29N3OS/c1-4-6-11-23(22)12-8-7-10-21-17(9-5-2)20-16-14-19-13-15(3)18(16)21/h13-14H,4-12H2,1-3H3. The summed E-state index contributed by atoms with van der Waals surface area (Å²) in [6, 6.07) is 0. The third kappa shape index (κ3) is 4.87. The summed E-state index contributed by atoms with van der Waals surface area (Å²) in [6.45, 7) is 7.39. The number of rotatable bonds is 10. The number of hydrogen-bond acceptors (Lipinski definition) is 3. The van der Waals surface area contributed by atoms with E-state index in [0.29, 0.717) is 0 Å². The van der Waals surface area contributed by atoms with Crippen LogP contribution >= 0.6 is 0 Å². The molecule has 2 rings (SSSR count). The summed E-state index contributed by atoms with van der Waals surface area (Å²) in [5, 5.41) is 0. The van der Waals surface area contributed by atoms with Crippen LogP contribution in [0.5, 0.6) is 0 Å². The summed E-state index contributed by atoms with van der Waals surface area (Å²) in [5.41, 5.74) is 3.40. The highest BCUT2D eigenvalue weighted by Crippen LogP contribution is 2.20. The van der Waals surface area contributed by atoms with Crippen molar-refractivity contribution < 1.29 is 4.21 Å². The predicted molar refractivity (Wildman–Crippen MR) is 98.3 cm³/mol. The molecule has 0 aliphatic rings. The Hall–Kier alpha value is -1.23. The number of unbranched alkanes of at least 4 members (excludes halogenated alkanes) is 2. The van der Waals surface area contributed by atoms with Gasteiger partial charge in [-0.3, -0.25) is 9.19 Å². The first kappa shape index (κ1) is 18.1. The van der Waals surface area contributed by atoms with Crippen LogP contribution in [0.15, 0.2) is 12.4 Å². The van der Waals surface area contributed by atoms with Crippen LogP contribution in [0.1, 0.15) is 57.3 Å². The molecule has 5 heteroatoms. The largest absolute Gasteiger partial charge is 0.328 e. The second kappa shape index (κ2) is 9.16. The molecular formula is C18H29N3OS. The zero-order chi connectivity index (χ0) is 16.7. The van der Waals surface area contributed by atoms with Gasteiger partial charge < -0.3 is 4.57 Å². The molecule has 0 aromatic carbocycles. The van der Waals surface area contributed by atoms with E-state index in [1.807, 2.05) is 12.4 Å². The summed E-state index contributed by atoms with van der Waals surface area (Å²) < 4.78 is 14.2. The van der Waals surface area contributed by atoms with E-state index >= 15 is 0 Å². The highest BCUT2D eigenvalue weighted by Gasteiger charge is 2.12. The van der Waals surface area contributed by atoms with Gasteiger partial charge in [0, 0.05) is 41.5 Å². The van der Waals surface area contributed by atoms with Crippen molar-refractivity contribution in [1.82, 2.24) is 14.5 Å². The van der Waals surface area contributed by atoms with Crippen molar-refractivity contribution in [2.45, 2.75) is 65.8 Å². The molecule has 2 aromatic rings. The molecule has 0 fully saturated rings. The minimum Gasteiger partial charge on any atom is -0.328 e. The molecule has 128 valence electrons. The van der Waals surface area contributed by atoms with E-state index in [2.05, 4.69) is 30.3 Å². The van der Waals surface area contributed by atoms with E-state index in [1.54, 1.807) is 0 Å². The lowest BCUT2D eigenvalue weighted by Gasteiger charge is -2.10. The topological polar surface area (TPSA) is 47.8 Å². The molecule has 0 N–H and O–H groups in total. The van der Waals surface area contributed by atoms with Crippen molar-refractivity contribution in [1.29, 1.82) is 0 Å². The van der Waals surface area contributed by atoms with Crippen LogP contribution in [-0.4, -0.2) is 30.2 Å². The Morgan fingerprint density at radius 1 is 1.09 bits per heavy atom. The number of imidazole rings is 1. The lowest BCUT2D eigenvalue weighted by molar-refractivity contribution is 0.608. The third-order valence-corrected chi connectivity index (χ3v) is 5.60. The molecule has 4 nitrogen and oxygen atoms in total. The maximum Gasteiger partial charge on any atom is 0.109 e. The summed E-state index contributed by atoms with van der Waals surface area (Å²) in [7, 11) is -0.643. The van der Waals surface area contributed by atoms with Crippen LogP contribution in [0.3, 0.4) is 0 Å². The number of pyridine rings is 1. The van der Waals surface area contributed by atoms with Gasteiger partial charge in [-0.15, -0.1) is 0 Å². The Kier molecular flexibility index (Phi) is 7.21. The molecule has 0 aliphatic heterocycles. The van der Waals surface area contributed by atoms with Crippen LogP contribution in [-0.2, 0) is 23.8 Å². The lowest BCUT2D eigenvalue weighted by Crippen LogP contribution is -2.07. The average molecular weight is 336 g/mol.